The van der Waals surface area contributed by atoms with Gasteiger partial charge in [0.15, 0.2) is 0 Å². The summed E-state index contributed by atoms with van der Waals surface area (Å²) in [4.78, 5) is 11.0. The monoisotopic (exact) mass is 359 g/mol. The Morgan fingerprint density at radius 2 is 2.00 bits per heavy atom. The van der Waals surface area contributed by atoms with E-state index in [2.05, 4.69) is 35.3 Å². The lowest BCUT2D eigenvalue weighted by atomic mass is 9.99. The van der Waals surface area contributed by atoms with E-state index in [1.54, 1.807) is 6.26 Å². The Balaban J connectivity index is 2.41. The summed E-state index contributed by atoms with van der Waals surface area (Å²) in [5, 5.41) is 6.27. The minimum absolute atomic E-state index is 0.278. The zero-order valence-corrected chi connectivity index (χ0v) is 15.7. The van der Waals surface area contributed by atoms with Crippen LogP contribution in [0.5, 0.6) is 0 Å². The number of benzene rings is 2. The van der Waals surface area contributed by atoms with Crippen LogP contribution in [0.25, 0.3) is 11.1 Å². The van der Waals surface area contributed by atoms with Gasteiger partial charge in [0.2, 0.25) is 6.41 Å². The van der Waals surface area contributed by atoms with Crippen molar-refractivity contribution in [2.24, 2.45) is 0 Å². The predicted molar refractivity (Wildman–Crippen MR) is 106 cm³/mol. The van der Waals surface area contributed by atoms with Crippen molar-refractivity contribution in [1.29, 1.82) is 0 Å². The fourth-order valence-corrected chi connectivity index (χ4v) is 2.88. The average Bonchev–Trinajstić information content (AvgIpc) is 2.61. The number of nitrogens with one attached hydrogen (secondary N) is 3. The molecule has 0 aromatic heterocycles. The number of hydrogen-bond donors (Lipinski definition) is 3. The Labute approximate surface area is 152 Å². The molecule has 0 bridgehead atoms. The minimum atomic E-state index is -1.05. The first-order chi connectivity index (χ1) is 12.0. The highest BCUT2D eigenvalue weighted by atomic mass is 32.2. The van der Waals surface area contributed by atoms with E-state index >= 15 is 0 Å². The van der Waals surface area contributed by atoms with Gasteiger partial charge in [-0.1, -0.05) is 37.3 Å². The van der Waals surface area contributed by atoms with Crippen LogP contribution >= 0.6 is 0 Å². The lowest BCUT2D eigenvalue weighted by Crippen LogP contribution is -2.21. The Kier molecular flexibility index (Phi) is 7.31. The number of carbonyl (C=O) groups excluding carboxylic acids is 1. The number of hydrogen-bond acceptors (Lipinski definition) is 4. The standard InChI is InChI=1S/C19H25N3O2S/c1-4-14(2)22-19-17(9-6-10-18(19)20-13-23)16-8-5-7-15(11-16)12-21-25(3)24/h5-11,13-14,21-22H,4,12H2,1-3H3,(H,20,23). The van der Waals surface area contributed by atoms with Crippen LogP contribution in [-0.4, -0.2) is 23.3 Å². The summed E-state index contributed by atoms with van der Waals surface area (Å²) in [6.07, 6.45) is 3.28. The van der Waals surface area contributed by atoms with E-state index < -0.39 is 11.4 Å². The van der Waals surface area contributed by atoms with Crippen molar-refractivity contribution in [2.45, 2.75) is 32.9 Å². The Morgan fingerprint density at radius 1 is 1.24 bits per heavy atom. The molecule has 0 heterocycles. The quantitative estimate of drug-likeness (QED) is 0.473. The van der Waals surface area contributed by atoms with Gasteiger partial charge in [-0.2, -0.15) is 0 Å². The van der Waals surface area contributed by atoms with Crippen molar-refractivity contribution in [3.63, 3.8) is 0 Å². The van der Waals surface area contributed by atoms with Gasteiger partial charge in [0.1, 0.15) is 6.26 Å². The summed E-state index contributed by atoms with van der Waals surface area (Å²) >= 11 is -1.05. The maximum absolute atomic E-state index is 11.2. The van der Waals surface area contributed by atoms with Crippen LogP contribution < -0.4 is 15.4 Å². The molecule has 2 aromatic rings. The van der Waals surface area contributed by atoms with Gasteiger partial charge in [0, 0.05) is 23.0 Å². The number of para-hydroxylation sites is 1. The van der Waals surface area contributed by atoms with E-state index in [9.17, 15) is 9.35 Å². The molecule has 6 heteroatoms. The second kappa shape index (κ2) is 9.46. The van der Waals surface area contributed by atoms with Crippen LogP contribution in [0.3, 0.4) is 0 Å². The molecule has 2 atom stereocenters. The SMILES string of the molecule is CCC(C)Nc1c(NC=O)cccc1-c1cccc(CN[S+](C)[O-])c1. The van der Waals surface area contributed by atoms with Gasteiger partial charge >= 0.3 is 0 Å². The van der Waals surface area contributed by atoms with Gasteiger partial charge in [-0.3, -0.25) is 4.79 Å². The zero-order chi connectivity index (χ0) is 18.2. The lowest BCUT2D eigenvalue weighted by Gasteiger charge is -2.20. The Morgan fingerprint density at radius 3 is 2.68 bits per heavy atom. The molecule has 0 aliphatic heterocycles. The van der Waals surface area contributed by atoms with Gasteiger partial charge in [-0.05, 0) is 36.6 Å². The summed E-state index contributed by atoms with van der Waals surface area (Å²) in [5.74, 6) is 0. The third-order valence-corrected chi connectivity index (χ3v) is 4.55. The topological polar surface area (TPSA) is 76.2 Å². The van der Waals surface area contributed by atoms with Crippen molar-refractivity contribution in [3.8, 4) is 11.1 Å². The molecule has 25 heavy (non-hydrogen) atoms. The summed E-state index contributed by atoms with van der Waals surface area (Å²) in [7, 11) is 0. The minimum Gasteiger partial charge on any atom is -0.598 e. The van der Waals surface area contributed by atoms with Crippen molar-refractivity contribution < 1.29 is 9.35 Å². The first kappa shape index (κ1) is 19.3. The molecule has 134 valence electrons. The van der Waals surface area contributed by atoms with Gasteiger partial charge in [0.25, 0.3) is 0 Å². The fraction of sp³-hybridized carbons (Fsp3) is 0.316. The highest BCUT2D eigenvalue weighted by molar-refractivity contribution is 7.88. The van der Waals surface area contributed by atoms with E-state index in [0.717, 1.165) is 34.5 Å². The molecule has 0 saturated carbocycles. The maximum Gasteiger partial charge on any atom is 0.211 e. The van der Waals surface area contributed by atoms with Gasteiger partial charge < -0.3 is 15.2 Å². The van der Waals surface area contributed by atoms with Crippen LogP contribution in [0.1, 0.15) is 25.8 Å². The van der Waals surface area contributed by atoms with Crippen LogP contribution in [0.2, 0.25) is 0 Å². The molecule has 0 saturated heterocycles. The molecule has 1 amide bonds. The van der Waals surface area contributed by atoms with Gasteiger partial charge in [-0.15, -0.1) is 4.72 Å². The molecule has 0 spiro atoms. The normalized spacial score (nSPS) is 13.1. The van der Waals surface area contributed by atoms with Crippen molar-refractivity contribution in [2.75, 3.05) is 16.9 Å². The van der Waals surface area contributed by atoms with Crippen molar-refractivity contribution >= 4 is 29.1 Å². The highest BCUT2D eigenvalue weighted by Gasteiger charge is 2.12. The first-order valence-corrected chi connectivity index (χ1v) is 9.87. The summed E-state index contributed by atoms with van der Waals surface area (Å²) in [6.45, 7) is 4.76. The number of anilines is 2. The third kappa shape index (κ3) is 5.49. The van der Waals surface area contributed by atoms with Gasteiger partial charge in [-0.25, -0.2) is 0 Å². The zero-order valence-electron chi connectivity index (χ0n) is 14.8. The molecule has 5 nitrogen and oxygen atoms in total. The molecule has 2 aromatic carbocycles. The largest absolute Gasteiger partial charge is 0.598 e. The molecule has 0 fully saturated rings. The predicted octanol–water partition coefficient (Wildman–Crippen LogP) is 3.52. The number of amides is 1. The molecular formula is C19H25N3O2S. The van der Waals surface area contributed by atoms with Crippen molar-refractivity contribution in [1.82, 2.24) is 4.72 Å². The summed E-state index contributed by atoms with van der Waals surface area (Å²) in [6, 6.07) is 14.2. The third-order valence-electron chi connectivity index (χ3n) is 4.00. The molecular weight excluding hydrogens is 334 g/mol. The smallest absolute Gasteiger partial charge is 0.211 e. The number of carbonyl (C=O) groups is 1. The van der Waals surface area contributed by atoms with Crippen LogP contribution in [0.4, 0.5) is 11.4 Å². The van der Waals surface area contributed by atoms with E-state index in [1.807, 2.05) is 36.4 Å². The maximum atomic E-state index is 11.2. The van der Waals surface area contributed by atoms with Crippen LogP contribution in [0, 0.1) is 0 Å². The molecule has 3 N–H and O–H groups in total. The van der Waals surface area contributed by atoms with Crippen LogP contribution in [0.15, 0.2) is 42.5 Å². The molecule has 2 unspecified atom stereocenters. The molecule has 2 rings (SSSR count). The lowest BCUT2D eigenvalue weighted by molar-refractivity contribution is -0.105. The second-order valence-electron chi connectivity index (χ2n) is 5.92. The van der Waals surface area contributed by atoms with E-state index in [4.69, 9.17) is 0 Å². The van der Waals surface area contributed by atoms with Crippen LogP contribution in [-0.2, 0) is 22.7 Å². The second-order valence-corrected chi connectivity index (χ2v) is 7.12. The molecule has 0 aliphatic rings. The van der Waals surface area contributed by atoms with E-state index in [0.29, 0.717) is 13.0 Å². The average molecular weight is 359 g/mol. The van der Waals surface area contributed by atoms with Gasteiger partial charge in [0.05, 0.1) is 17.9 Å². The number of rotatable bonds is 9. The Hall–Kier alpha value is -2.02. The fourth-order valence-electron chi connectivity index (χ4n) is 2.51. The van der Waals surface area contributed by atoms with E-state index in [-0.39, 0.29) is 6.04 Å². The summed E-state index contributed by atoms with van der Waals surface area (Å²) < 4.78 is 14.2. The van der Waals surface area contributed by atoms with E-state index in [1.165, 1.54) is 0 Å². The first-order valence-electron chi connectivity index (χ1n) is 8.31. The molecule has 0 radical (unpaired) electrons. The highest BCUT2D eigenvalue weighted by Crippen LogP contribution is 2.35. The Bertz CT molecular complexity index is 707. The van der Waals surface area contributed by atoms with Crippen molar-refractivity contribution in [3.05, 3.63) is 48.0 Å². The molecule has 0 aliphatic carbocycles. The summed E-state index contributed by atoms with van der Waals surface area (Å²) in [5.41, 5.74) is 4.78.